The van der Waals surface area contributed by atoms with Gasteiger partial charge in [0.15, 0.2) is 0 Å². The van der Waals surface area contributed by atoms with Crippen LogP contribution in [0.3, 0.4) is 0 Å². The summed E-state index contributed by atoms with van der Waals surface area (Å²) >= 11 is 0. The van der Waals surface area contributed by atoms with Crippen molar-refractivity contribution in [3.05, 3.63) is 0 Å². The summed E-state index contributed by atoms with van der Waals surface area (Å²) in [6.45, 7) is 8.16. The van der Waals surface area contributed by atoms with Gasteiger partial charge in [-0.3, -0.25) is 14.5 Å². The maximum Gasteiger partial charge on any atom is 0.242 e. The van der Waals surface area contributed by atoms with Crippen LogP contribution in [0.25, 0.3) is 0 Å². The molecule has 3 fully saturated rings. The Balaban J connectivity index is 1.41. The number of piperazine rings is 2. The van der Waals surface area contributed by atoms with E-state index in [0.29, 0.717) is 6.04 Å². The number of hydrogen-bond donors (Lipinski definition) is 1. The number of rotatable bonds is 4. The molecule has 3 aliphatic rings. The fourth-order valence-electron chi connectivity index (χ4n) is 4.59. The van der Waals surface area contributed by atoms with Crippen molar-refractivity contribution >= 4 is 11.8 Å². The predicted molar refractivity (Wildman–Crippen MR) is 98.2 cm³/mol. The van der Waals surface area contributed by atoms with Crippen LogP contribution < -0.4 is 5.32 Å². The van der Waals surface area contributed by atoms with E-state index in [1.165, 1.54) is 6.42 Å². The van der Waals surface area contributed by atoms with Crippen molar-refractivity contribution in [2.75, 3.05) is 52.9 Å². The van der Waals surface area contributed by atoms with Crippen LogP contribution in [0.1, 0.15) is 39.0 Å². The van der Waals surface area contributed by atoms with E-state index in [1.807, 2.05) is 4.90 Å². The van der Waals surface area contributed by atoms with Crippen LogP contribution >= 0.6 is 0 Å². The minimum atomic E-state index is 0.0727. The maximum absolute atomic E-state index is 12.5. The highest BCUT2D eigenvalue weighted by Crippen LogP contribution is 2.30. The van der Waals surface area contributed by atoms with E-state index in [-0.39, 0.29) is 24.3 Å². The van der Waals surface area contributed by atoms with Crippen molar-refractivity contribution in [3.8, 4) is 0 Å². The second kappa shape index (κ2) is 8.49. The number of nitrogens with zero attached hydrogens (tertiary/aromatic N) is 3. The van der Waals surface area contributed by atoms with Crippen LogP contribution in [0, 0.1) is 11.8 Å². The first kappa shape index (κ1) is 18.6. The zero-order valence-electron chi connectivity index (χ0n) is 15.9. The smallest absolute Gasteiger partial charge is 0.242 e. The van der Waals surface area contributed by atoms with Crippen LogP contribution in [0.5, 0.6) is 0 Å². The zero-order chi connectivity index (χ0) is 17.8. The van der Waals surface area contributed by atoms with Crippen molar-refractivity contribution in [2.24, 2.45) is 11.8 Å². The van der Waals surface area contributed by atoms with E-state index in [9.17, 15) is 9.59 Å². The standard InChI is InChI=1S/C19H34N4O2/c1-3-15-4-6-16(7-5-15)19(25)20-12-18(24)23-11-10-22-9-8-21(2)13-17(22)14-23/h15-17H,3-14H2,1-2H3,(H,20,25)/t15?,16?,17-/m1/s1. The summed E-state index contributed by atoms with van der Waals surface area (Å²) in [5.41, 5.74) is 0. The highest BCUT2D eigenvalue weighted by atomic mass is 16.2. The minimum Gasteiger partial charge on any atom is -0.347 e. The molecule has 25 heavy (non-hydrogen) atoms. The molecule has 1 saturated carbocycles. The largest absolute Gasteiger partial charge is 0.347 e. The number of likely N-dealkylation sites (N-methyl/N-ethyl adjacent to an activating group) is 1. The molecule has 2 heterocycles. The topological polar surface area (TPSA) is 55.9 Å². The number of carbonyl (C=O) groups is 2. The van der Waals surface area contributed by atoms with Crippen LogP contribution in [0.4, 0.5) is 0 Å². The van der Waals surface area contributed by atoms with Gasteiger partial charge < -0.3 is 15.1 Å². The van der Waals surface area contributed by atoms with Crippen molar-refractivity contribution in [3.63, 3.8) is 0 Å². The van der Waals surface area contributed by atoms with Gasteiger partial charge in [-0.2, -0.15) is 0 Å². The van der Waals surface area contributed by atoms with E-state index in [1.54, 1.807) is 0 Å². The molecule has 0 aromatic carbocycles. The predicted octanol–water partition coefficient (Wildman–Crippen LogP) is 0.777. The van der Waals surface area contributed by atoms with Gasteiger partial charge in [0.1, 0.15) is 0 Å². The molecule has 2 amide bonds. The average Bonchev–Trinajstić information content (AvgIpc) is 2.65. The SMILES string of the molecule is CCC1CCC(C(=O)NCC(=O)N2CCN3CCN(C)C[C@@H]3C2)CC1. The number of nitrogens with one attached hydrogen (secondary N) is 1. The van der Waals surface area contributed by atoms with E-state index in [0.717, 1.165) is 70.9 Å². The van der Waals surface area contributed by atoms with Crippen molar-refractivity contribution in [1.82, 2.24) is 20.0 Å². The zero-order valence-corrected chi connectivity index (χ0v) is 15.9. The molecule has 0 radical (unpaired) electrons. The van der Waals surface area contributed by atoms with E-state index < -0.39 is 0 Å². The van der Waals surface area contributed by atoms with Crippen molar-refractivity contribution in [2.45, 2.75) is 45.1 Å². The second-order valence-electron chi connectivity index (χ2n) is 8.14. The monoisotopic (exact) mass is 350 g/mol. The molecular weight excluding hydrogens is 316 g/mol. The lowest BCUT2D eigenvalue weighted by molar-refractivity contribution is -0.137. The van der Waals surface area contributed by atoms with E-state index in [2.05, 4.69) is 29.1 Å². The Kier molecular flexibility index (Phi) is 6.34. The Morgan fingerprint density at radius 3 is 2.44 bits per heavy atom. The molecule has 2 aliphatic heterocycles. The molecule has 1 N–H and O–H groups in total. The summed E-state index contributed by atoms with van der Waals surface area (Å²) in [6, 6.07) is 0.441. The van der Waals surface area contributed by atoms with Gasteiger partial charge in [0.2, 0.25) is 11.8 Å². The van der Waals surface area contributed by atoms with Gasteiger partial charge in [-0.25, -0.2) is 0 Å². The van der Waals surface area contributed by atoms with Gasteiger partial charge in [-0.15, -0.1) is 0 Å². The van der Waals surface area contributed by atoms with Gasteiger partial charge >= 0.3 is 0 Å². The molecule has 2 saturated heterocycles. The Hall–Kier alpha value is -1.14. The molecular formula is C19H34N4O2. The van der Waals surface area contributed by atoms with Crippen molar-refractivity contribution < 1.29 is 9.59 Å². The lowest BCUT2D eigenvalue weighted by Gasteiger charge is -2.46. The van der Waals surface area contributed by atoms with Crippen LogP contribution in [-0.2, 0) is 9.59 Å². The Morgan fingerprint density at radius 1 is 1.00 bits per heavy atom. The third-order valence-corrected chi connectivity index (χ3v) is 6.46. The number of hydrogen-bond acceptors (Lipinski definition) is 4. The first-order valence-corrected chi connectivity index (χ1v) is 10.0. The molecule has 0 aromatic heterocycles. The Morgan fingerprint density at radius 2 is 1.72 bits per heavy atom. The molecule has 0 aromatic rings. The third kappa shape index (κ3) is 4.73. The summed E-state index contributed by atoms with van der Waals surface area (Å²) in [4.78, 5) is 31.6. The first-order valence-electron chi connectivity index (χ1n) is 10.0. The number of amides is 2. The molecule has 0 bridgehead atoms. The third-order valence-electron chi connectivity index (χ3n) is 6.46. The summed E-state index contributed by atoms with van der Waals surface area (Å²) in [5, 5.41) is 2.91. The molecule has 3 rings (SSSR count). The highest BCUT2D eigenvalue weighted by Gasteiger charge is 2.33. The lowest BCUT2D eigenvalue weighted by Crippen LogP contribution is -2.62. The Labute approximate surface area is 151 Å². The average molecular weight is 351 g/mol. The van der Waals surface area contributed by atoms with Gasteiger partial charge in [0, 0.05) is 51.2 Å². The summed E-state index contributed by atoms with van der Waals surface area (Å²) in [6.07, 6.45) is 5.48. The Bertz CT molecular complexity index is 476. The van der Waals surface area contributed by atoms with E-state index in [4.69, 9.17) is 0 Å². The number of fused-ring (bicyclic) bond motifs is 1. The summed E-state index contributed by atoms with van der Waals surface area (Å²) in [5.74, 6) is 1.05. The number of carbonyl (C=O) groups excluding carboxylic acids is 2. The lowest BCUT2D eigenvalue weighted by atomic mass is 9.80. The van der Waals surface area contributed by atoms with E-state index >= 15 is 0 Å². The van der Waals surface area contributed by atoms with Gasteiger partial charge in [-0.05, 0) is 38.6 Å². The first-order chi connectivity index (χ1) is 12.1. The molecule has 0 unspecified atom stereocenters. The molecule has 6 nitrogen and oxygen atoms in total. The summed E-state index contributed by atoms with van der Waals surface area (Å²) < 4.78 is 0. The van der Waals surface area contributed by atoms with Gasteiger partial charge in [0.25, 0.3) is 0 Å². The molecule has 142 valence electrons. The van der Waals surface area contributed by atoms with Gasteiger partial charge in [0.05, 0.1) is 6.54 Å². The minimum absolute atomic E-state index is 0.0727. The molecule has 1 aliphatic carbocycles. The maximum atomic E-state index is 12.5. The normalized spacial score (nSPS) is 31.4. The van der Waals surface area contributed by atoms with Crippen LogP contribution in [0.15, 0.2) is 0 Å². The fraction of sp³-hybridized carbons (Fsp3) is 0.895. The fourth-order valence-corrected chi connectivity index (χ4v) is 4.59. The van der Waals surface area contributed by atoms with Crippen molar-refractivity contribution in [1.29, 1.82) is 0 Å². The molecule has 0 spiro atoms. The van der Waals surface area contributed by atoms with Crippen LogP contribution in [-0.4, -0.2) is 85.4 Å². The quantitative estimate of drug-likeness (QED) is 0.814. The highest BCUT2D eigenvalue weighted by molar-refractivity contribution is 5.86. The molecule has 6 heteroatoms. The summed E-state index contributed by atoms with van der Waals surface area (Å²) in [7, 11) is 2.14. The second-order valence-corrected chi connectivity index (χ2v) is 8.14. The van der Waals surface area contributed by atoms with Gasteiger partial charge in [-0.1, -0.05) is 13.3 Å². The molecule has 1 atom stereocenters. The van der Waals surface area contributed by atoms with Crippen LogP contribution in [0.2, 0.25) is 0 Å².